The third kappa shape index (κ3) is 4.22. The molecule has 1 fully saturated rings. The van der Waals surface area contributed by atoms with Crippen LogP contribution in [0.25, 0.3) is 21.8 Å². The van der Waals surface area contributed by atoms with Crippen molar-refractivity contribution in [2.24, 2.45) is 13.0 Å². The summed E-state index contributed by atoms with van der Waals surface area (Å²) in [6.45, 7) is 9.16. The number of piperazine rings is 1. The van der Waals surface area contributed by atoms with Gasteiger partial charge in [0.1, 0.15) is 11.3 Å². The average Bonchev–Trinajstić information content (AvgIpc) is 3.33. The molecule has 3 heterocycles. The fourth-order valence-corrected chi connectivity index (χ4v) is 4.82. The molecule has 0 bridgehead atoms. The van der Waals surface area contributed by atoms with Crippen molar-refractivity contribution in [1.29, 1.82) is 0 Å². The molecule has 0 aliphatic carbocycles. The lowest BCUT2D eigenvalue weighted by atomic mass is 10.1. The van der Waals surface area contributed by atoms with Crippen LogP contribution in [0.2, 0.25) is 0 Å². The van der Waals surface area contributed by atoms with Crippen molar-refractivity contribution in [1.82, 2.24) is 24.9 Å². The zero-order valence-electron chi connectivity index (χ0n) is 20.4. The first kappa shape index (κ1) is 23.2. The van der Waals surface area contributed by atoms with E-state index in [0.717, 1.165) is 13.1 Å². The van der Waals surface area contributed by atoms with Gasteiger partial charge in [-0.15, -0.1) is 5.10 Å². The highest BCUT2D eigenvalue weighted by Gasteiger charge is 2.26. The molecule has 2 atom stereocenters. The Bertz CT molecular complexity index is 1430. The van der Waals surface area contributed by atoms with Gasteiger partial charge in [0.25, 0.3) is 0 Å². The van der Waals surface area contributed by atoms with Crippen LogP contribution in [0, 0.1) is 17.6 Å². The van der Waals surface area contributed by atoms with Gasteiger partial charge in [-0.1, -0.05) is 13.8 Å². The number of aryl methyl sites for hydroxylation is 1. The van der Waals surface area contributed by atoms with Crippen molar-refractivity contribution < 1.29 is 13.6 Å². The fraction of sp³-hybridized carbons (Fsp3) is 0.400. The maximum absolute atomic E-state index is 15.6. The van der Waals surface area contributed by atoms with E-state index in [2.05, 4.69) is 39.6 Å². The fourth-order valence-electron chi connectivity index (χ4n) is 4.82. The van der Waals surface area contributed by atoms with E-state index in [1.165, 1.54) is 21.5 Å². The third-order valence-corrected chi connectivity index (χ3v) is 6.28. The number of hydrogen-bond donors (Lipinski definition) is 2. The number of anilines is 3. The van der Waals surface area contributed by atoms with Gasteiger partial charge in [-0.3, -0.25) is 9.48 Å². The number of aromatic nitrogens is 4. The second-order valence-electron chi connectivity index (χ2n) is 9.77. The van der Waals surface area contributed by atoms with Crippen LogP contribution in [-0.2, 0) is 7.05 Å². The van der Waals surface area contributed by atoms with Crippen LogP contribution < -0.4 is 15.5 Å². The Kier molecular flexibility index (Phi) is 5.71. The maximum Gasteiger partial charge on any atom is 0.250 e. The lowest BCUT2D eigenvalue weighted by Gasteiger charge is -2.37. The number of carbonyl (C=O) groups is 1. The molecule has 2 aromatic carbocycles. The Hall–Kier alpha value is -3.53. The molecule has 0 spiro atoms. The molecule has 0 saturated carbocycles. The maximum atomic E-state index is 15.6. The molecule has 10 heteroatoms. The van der Waals surface area contributed by atoms with Crippen molar-refractivity contribution in [3.8, 4) is 0 Å². The zero-order valence-corrected chi connectivity index (χ0v) is 20.4. The first-order chi connectivity index (χ1) is 16.6. The number of halogens is 2. The Balaban J connectivity index is 1.62. The summed E-state index contributed by atoms with van der Waals surface area (Å²) in [4.78, 5) is 15.1. The molecule has 0 amide bonds. The van der Waals surface area contributed by atoms with Gasteiger partial charge in [-0.05, 0) is 38.1 Å². The van der Waals surface area contributed by atoms with E-state index in [-0.39, 0.29) is 40.6 Å². The first-order valence-electron chi connectivity index (χ1n) is 11.8. The minimum Gasteiger partial charge on any atom is -0.368 e. The average molecular weight is 482 g/mol. The van der Waals surface area contributed by atoms with Crippen LogP contribution in [0.3, 0.4) is 0 Å². The number of rotatable bonds is 4. The van der Waals surface area contributed by atoms with Crippen molar-refractivity contribution >= 4 is 44.9 Å². The summed E-state index contributed by atoms with van der Waals surface area (Å²) in [5.41, 5.74) is 1.71. The van der Waals surface area contributed by atoms with Gasteiger partial charge >= 0.3 is 0 Å². The molecule has 0 radical (unpaired) electrons. The van der Waals surface area contributed by atoms with E-state index in [1.807, 2.05) is 6.07 Å². The molecule has 4 aromatic rings. The minimum absolute atomic E-state index is 0.155. The van der Waals surface area contributed by atoms with E-state index in [0.29, 0.717) is 22.3 Å². The number of carbonyl (C=O) groups excluding carboxylic acids is 1. The van der Waals surface area contributed by atoms with Gasteiger partial charge in [0.15, 0.2) is 11.6 Å². The molecular weight excluding hydrogens is 452 g/mol. The SMILES string of the molecule is CC(C)C(=O)n1nc(Nc2cc(F)c3nn(C)cc3c2)c2c(F)cc(N3C[C@@H](C)N[C@@H](C)C3)cc21. The number of nitrogens with one attached hydrogen (secondary N) is 2. The predicted molar refractivity (Wildman–Crippen MR) is 133 cm³/mol. The van der Waals surface area contributed by atoms with Crippen LogP contribution in [0.4, 0.5) is 26.0 Å². The molecule has 8 nitrogen and oxygen atoms in total. The molecule has 2 N–H and O–H groups in total. The minimum atomic E-state index is -0.502. The number of hydrogen-bond acceptors (Lipinski definition) is 6. The molecule has 184 valence electrons. The molecule has 1 aliphatic heterocycles. The zero-order chi connectivity index (χ0) is 25.0. The van der Waals surface area contributed by atoms with E-state index >= 15 is 4.39 Å². The molecule has 0 unspecified atom stereocenters. The highest BCUT2D eigenvalue weighted by molar-refractivity contribution is 6.00. The molecule has 1 saturated heterocycles. The van der Waals surface area contributed by atoms with Crippen molar-refractivity contribution in [2.45, 2.75) is 39.8 Å². The lowest BCUT2D eigenvalue weighted by molar-refractivity contribution is 0.0845. The Morgan fingerprint density at radius 1 is 1.09 bits per heavy atom. The van der Waals surface area contributed by atoms with Crippen LogP contribution in [0.15, 0.2) is 30.5 Å². The standard InChI is InChI=1S/C25H29F2N7O/c1-13(2)25(35)34-21-9-18(33-10-14(3)28-15(4)11-33)8-19(26)22(21)24(31-34)29-17-6-16-12-32(5)30-23(16)20(27)7-17/h6-9,12-15,28H,10-11H2,1-5H3,(H,29,31)/t14-,15+. The Morgan fingerprint density at radius 3 is 2.49 bits per heavy atom. The topological polar surface area (TPSA) is 80.0 Å². The lowest BCUT2D eigenvalue weighted by Crippen LogP contribution is -2.54. The van der Waals surface area contributed by atoms with Crippen molar-refractivity contribution in [3.63, 3.8) is 0 Å². The summed E-state index contributed by atoms with van der Waals surface area (Å²) < 4.78 is 33.1. The van der Waals surface area contributed by atoms with E-state index in [1.54, 1.807) is 33.2 Å². The van der Waals surface area contributed by atoms with Crippen molar-refractivity contribution in [2.75, 3.05) is 23.3 Å². The molecule has 5 rings (SSSR count). The summed E-state index contributed by atoms with van der Waals surface area (Å²) >= 11 is 0. The van der Waals surface area contributed by atoms with Gasteiger partial charge in [0.05, 0.1) is 10.9 Å². The monoisotopic (exact) mass is 481 g/mol. The van der Waals surface area contributed by atoms with E-state index in [4.69, 9.17) is 0 Å². The van der Waals surface area contributed by atoms with Crippen LogP contribution in [-0.4, -0.2) is 50.6 Å². The molecule has 1 aliphatic rings. The highest BCUT2D eigenvalue weighted by atomic mass is 19.1. The van der Waals surface area contributed by atoms with Gasteiger partial charge in [-0.2, -0.15) is 9.78 Å². The summed E-state index contributed by atoms with van der Waals surface area (Å²) in [5.74, 6) is -1.44. The summed E-state index contributed by atoms with van der Waals surface area (Å²) in [7, 11) is 1.71. The third-order valence-electron chi connectivity index (χ3n) is 6.28. The Labute approximate surface area is 201 Å². The van der Waals surface area contributed by atoms with Crippen LogP contribution in [0.1, 0.15) is 32.5 Å². The highest BCUT2D eigenvalue weighted by Crippen LogP contribution is 2.34. The molecule has 35 heavy (non-hydrogen) atoms. The van der Waals surface area contributed by atoms with Gasteiger partial charge in [0.2, 0.25) is 5.91 Å². The van der Waals surface area contributed by atoms with Gasteiger partial charge in [-0.25, -0.2) is 8.78 Å². The first-order valence-corrected chi connectivity index (χ1v) is 11.8. The largest absolute Gasteiger partial charge is 0.368 e. The normalized spacial score (nSPS) is 18.7. The van der Waals surface area contributed by atoms with E-state index < -0.39 is 11.6 Å². The summed E-state index contributed by atoms with van der Waals surface area (Å²) in [5, 5.41) is 15.8. The van der Waals surface area contributed by atoms with Crippen LogP contribution >= 0.6 is 0 Å². The molecular formula is C25H29F2N7O. The second-order valence-corrected chi connectivity index (χ2v) is 9.77. The summed E-state index contributed by atoms with van der Waals surface area (Å²) in [6.07, 6.45) is 1.70. The van der Waals surface area contributed by atoms with Crippen LogP contribution in [0.5, 0.6) is 0 Å². The number of benzene rings is 2. The van der Waals surface area contributed by atoms with Crippen molar-refractivity contribution in [3.05, 3.63) is 42.1 Å². The molecule has 2 aromatic heterocycles. The Morgan fingerprint density at radius 2 is 1.80 bits per heavy atom. The van der Waals surface area contributed by atoms with Gasteiger partial charge in [0, 0.05) is 61.1 Å². The summed E-state index contributed by atoms with van der Waals surface area (Å²) in [6, 6.07) is 6.79. The van der Waals surface area contributed by atoms with E-state index in [9.17, 15) is 9.18 Å². The number of fused-ring (bicyclic) bond motifs is 2. The smallest absolute Gasteiger partial charge is 0.250 e. The second kappa shape index (κ2) is 8.60. The predicted octanol–water partition coefficient (Wildman–Crippen LogP) is 4.43. The van der Waals surface area contributed by atoms with Gasteiger partial charge < -0.3 is 15.5 Å². The quantitative estimate of drug-likeness (QED) is 0.449. The number of nitrogens with zero attached hydrogens (tertiary/aromatic N) is 5.